The molecule has 2 aromatic rings. The molecule has 3 heterocycles. The molecule has 128 valence electrons. The summed E-state index contributed by atoms with van der Waals surface area (Å²) >= 11 is 0. The second-order valence-electron chi connectivity index (χ2n) is 6.34. The van der Waals surface area contributed by atoms with Crippen molar-refractivity contribution in [3.05, 3.63) is 41.2 Å². The van der Waals surface area contributed by atoms with Gasteiger partial charge in [-0.2, -0.15) is 5.10 Å². The first-order valence-corrected chi connectivity index (χ1v) is 8.18. The van der Waals surface area contributed by atoms with Crippen LogP contribution in [0.3, 0.4) is 0 Å². The molecule has 1 fully saturated rings. The lowest BCUT2D eigenvalue weighted by atomic mass is 10.00. The molecule has 0 aliphatic carbocycles. The van der Waals surface area contributed by atoms with Crippen molar-refractivity contribution < 1.29 is 9.53 Å². The molecule has 24 heavy (non-hydrogen) atoms. The van der Waals surface area contributed by atoms with Crippen LogP contribution in [-0.4, -0.2) is 57.3 Å². The number of nitrogens with zero attached hydrogens (tertiary/aromatic N) is 4. The van der Waals surface area contributed by atoms with Gasteiger partial charge in [0.05, 0.1) is 18.4 Å². The van der Waals surface area contributed by atoms with E-state index in [-0.39, 0.29) is 17.9 Å². The van der Waals surface area contributed by atoms with E-state index < -0.39 is 0 Å². The quantitative estimate of drug-likeness (QED) is 0.896. The summed E-state index contributed by atoms with van der Waals surface area (Å²) in [7, 11) is 1.82. The Morgan fingerprint density at radius 1 is 1.46 bits per heavy atom. The number of likely N-dealkylation sites (N-methyl/N-ethyl adjacent to an activating group) is 1. The van der Waals surface area contributed by atoms with E-state index in [9.17, 15) is 4.79 Å². The smallest absolute Gasteiger partial charge is 0.226 e. The summed E-state index contributed by atoms with van der Waals surface area (Å²) in [4.78, 5) is 22.7. The maximum absolute atomic E-state index is 12.5. The van der Waals surface area contributed by atoms with Gasteiger partial charge in [-0.05, 0) is 37.5 Å². The van der Waals surface area contributed by atoms with Crippen molar-refractivity contribution in [1.82, 2.24) is 25.1 Å². The fraction of sp³-hybridized carbons (Fsp3) is 0.529. The molecule has 2 aromatic heterocycles. The van der Waals surface area contributed by atoms with Gasteiger partial charge in [0.15, 0.2) is 5.82 Å². The van der Waals surface area contributed by atoms with Gasteiger partial charge in [0.25, 0.3) is 0 Å². The fourth-order valence-corrected chi connectivity index (χ4v) is 3.02. The lowest BCUT2D eigenvalue weighted by Crippen LogP contribution is -2.37. The average molecular weight is 329 g/mol. The molecule has 0 spiro atoms. The number of H-pyrrole nitrogens is 1. The first-order chi connectivity index (χ1) is 11.5. The number of aromatic amines is 1. The first kappa shape index (κ1) is 16.6. The lowest BCUT2D eigenvalue weighted by Gasteiger charge is -2.24. The van der Waals surface area contributed by atoms with E-state index in [0.29, 0.717) is 19.6 Å². The molecule has 1 aliphatic rings. The summed E-state index contributed by atoms with van der Waals surface area (Å²) < 4.78 is 5.83. The fourth-order valence-electron chi connectivity index (χ4n) is 3.02. The molecule has 7 nitrogen and oxygen atoms in total. The zero-order valence-electron chi connectivity index (χ0n) is 14.3. The van der Waals surface area contributed by atoms with Crippen LogP contribution in [0.4, 0.5) is 0 Å². The Balaban J connectivity index is 1.62. The Labute approximate surface area is 141 Å². The maximum Gasteiger partial charge on any atom is 0.226 e. The Bertz CT molecular complexity index is 715. The van der Waals surface area contributed by atoms with Crippen molar-refractivity contribution in [2.24, 2.45) is 0 Å². The van der Waals surface area contributed by atoms with Gasteiger partial charge in [-0.25, -0.2) is 4.98 Å². The number of ether oxygens (including phenoxy) is 1. The van der Waals surface area contributed by atoms with Crippen LogP contribution in [0.5, 0.6) is 0 Å². The molecule has 1 N–H and O–H groups in total. The summed E-state index contributed by atoms with van der Waals surface area (Å²) in [6.45, 7) is 5.07. The number of hydrogen-bond donors (Lipinski definition) is 1. The molecule has 0 radical (unpaired) electrons. The zero-order chi connectivity index (χ0) is 17.1. The highest BCUT2D eigenvalue weighted by Crippen LogP contribution is 2.29. The van der Waals surface area contributed by atoms with E-state index in [1.807, 2.05) is 27.0 Å². The Hall–Kier alpha value is -2.28. The van der Waals surface area contributed by atoms with Gasteiger partial charge in [-0.3, -0.25) is 14.9 Å². The largest absolute Gasteiger partial charge is 0.376 e. The molecule has 1 amide bonds. The molecule has 3 rings (SSSR count). The number of aryl methyl sites for hydroxylation is 2. The van der Waals surface area contributed by atoms with Gasteiger partial charge in [0, 0.05) is 32.6 Å². The first-order valence-electron chi connectivity index (χ1n) is 8.18. The SMILES string of the molecule is Cc1nc([C@@H]2CCO[C@@H]2CN(C)C(=O)Cc2ccncc2C)n[nH]1. The van der Waals surface area contributed by atoms with Crippen LogP contribution < -0.4 is 0 Å². The normalized spacial score (nSPS) is 20.3. The van der Waals surface area contributed by atoms with Crippen LogP contribution in [0.15, 0.2) is 18.5 Å². The van der Waals surface area contributed by atoms with Crippen molar-refractivity contribution in [2.75, 3.05) is 20.2 Å². The van der Waals surface area contributed by atoms with Crippen LogP contribution in [0.25, 0.3) is 0 Å². The van der Waals surface area contributed by atoms with Crippen molar-refractivity contribution in [3.8, 4) is 0 Å². The predicted molar refractivity (Wildman–Crippen MR) is 88.5 cm³/mol. The molecular formula is C17H23N5O2. The number of pyridine rings is 1. The van der Waals surface area contributed by atoms with Crippen molar-refractivity contribution in [1.29, 1.82) is 0 Å². The number of carbonyl (C=O) groups is 1. The van der Waals surface area contributed by atoms with E-state index in [1.54, 1.807) is 17.3 Å². The van der Waals surface area contributed by atoms with Crippen LogP contribution in [0, 0.1) is 13.8 Å². The Morgan fingerprint density at radius 2 is 2.29 bits per heavy atom. The third kappa shape index (κ3) is 3.62. The third-order valence-electron chi connectivity index (χ3n) is 4.51. The van der Waals surface area contributed by atoms with Crippen LogP contribution in [-0.2, 0) is 16.0 Å². The number of carbonyl (C=O) groups excluding carboxylic acids is 1. The van der Waals surface area contributed by atoms with E-state index >= 15 is 0 Å². The highest BCUT2D eigenvalue weighted by molar-refractivity contribution is 5.78. The Kier molecular flexibility index (Phi) is 4.89. The maximum atomic E-state index is 12.5. The van der Waals surface area contributed by atoms with Crippen molar-refractivity contribution in [2.45, 2.75) is 38.7 Å². The van der Waals surface area contributed by atoms with Crippen LogP contribution in [0.1, 0.15) is 35.1 Å². The lowest BCUT2D eigenvalue weighted by molar-refractivity contribution is -0.130. The summed E-state index contributed by atoms with van der Waals surface area (Å²) in [6, 6.07) is 1.90. The summed E-state index contributed by atoms with van der Waals surface area (Å²) in [5.74, 6) is 1.78. The number of aromatic nitrogens is 4. The molecule has 1 saturated heterocycles. The van der Waals surface area contributed by atoms with Crippen molar-refractivity contribution >= 4 is 5.91 Å². The minimum absolute atomic E-state index is 0.0623. The Morgan fingerprint density at radius 3 is 3.00 bits per heavy atom. The minimum atomic E-state index is -0.0623. The highest BCUT2D eigenvalue weighted by atomic mass is 16.5. The average Bonchev–Trinajstić information content (AvgIpc) is 3.18. The highest BCUT2D eigenvalue weighted by Gasteiger charge is 2.34. The zero-order valence-corrected chi connectivity index (χ0v) is 14.3. The molecule has 7 heteroatoms. The van der Waals surface area contributed by atoms with Gasteiger partial charge < -0.3 is 9.64 Å². The molecule has 0 unspecified atom stereocenters. The van der Waals surface area contributed by atoms with E-state index in [1.165, 1.54) is 0 Å². The number of rotatable bonds is 5. The summed E-state index contributed by atoms with van der Waals surface area (Å²) in [6.07, 6.45) is 4.70. The topological polar surface area (TPSA) is 84.0 Å². The third-order valence-corrected chi connectivity index (χ3v) is 4.51. The van der Waals surface area contributed by atoms with Gasteiger partial charge in [-0.15, -0.1) is 0 Å². The molecule has 2 atom stereocenters. The van der Waals surface area contributed by atoms with E-state index in [2.05, 4.69) is 20.2 Å². The molecule has 0 aromatic carbocycles. The van der Waals surface area contributed by atoms with Gasteiger partial charge in [0.1, 0.15) is 5.82 Å². The molecule has 0 saturated carbocycles. The van der Waals surface area contributed by atoms with E-state index in [0.717, 1.165) is 29.2 Å². The van der Waals surface area contributed by atoms with Crippen LogP contribution in [0.2, 0.25) is 0 Å². The monoisotopic (exact) mass is 329 g/mol. The van der Waals surface area contributed by atoms with Crippen molar-refractivity contribution in [3.63, 3.8) is 0 Å². The summed E-state index contributed by atoms with van der Waals surface area (Å²) in [5.41, 5.74) is 2.04. The van der Waals surface area contributed by atoms with E-state index in [4.69, 9.17) is 4.74 Å². The standard InChI is InChI=1S/C17H23N5O2/c1-11-9-18-6-4-13(11)8-16(23)22(3)10-15-14(5-7-24-15)17-19-12(2)20-21-17/h4,6,9,14-15H,5,7-8,10H2,1-3H3,(H,19,20,21)/t14-,15-/m1/s1. The second kappa shape index (κ2) is 7.09. The molecule has 1 aliphatic heterocycles. The number of amides is 1. The minimum Gasteiger partial charge on any atom is -0.376 e. The van der Waals surface area contributed by atoms with Crippen LogP contribution >= 0.6 is 0 Å². The number of hydrogen-bond acceptors (Lipinski definition) is 5. The predicted octanol–water partition coefficient (Wildman–Crippen LogP) is 1.39. The number of nitrogens with one attached hydrogen (secondary N) is 1. The van der Waals surface area contributed by atoms with Gasteiger partial charge >= 0.3 is 0 Å². The summed E-state index contributed by atoms with van der Waals surface area (Å²) in [5, 5.41) is 7.13. The van der Waals surface area contributed by atoms with Gasteiger partial charge in [0.2, 0.25) is 5.91 Å². The molecular weight excluding hydrogens is 306 g/mol. The van der Waals surface area contributed by atoms with Gasteiger partial charge in [-0.1, -0.05) is 0 Å². The molecule has 0 bridgehead atoms. The second-order valence-corrected chi connectivity index (χ2v) is 6.34.